The number of likely N-dealkylation sites (tertiary alicyclic amines) is 1. The first kappa shape index (κ1) is 21.6. The summed E-state index contributed by atoms with van der Waals surface area (Å²) in [7, 11) is 1.57. The predicted molar refractivity (Wildman–Crippen MR) is 125 cm³/mol. The Labute approximate surface area is 189 Å². The van der Waals surface area contributed by atoms with Crippen molar-refractivity contribution in [1.29, 1.82) is 0 Å². The lowest BCUT2D eigenvalue weighted by molar-refractivity contribution is 0.0656. The molecule has 164 valence electrons. The molecule has 1 saturated heterocycles. The van der Waals surface area contributed by atoms with Gasteiger partial charge in [0, 0.05) is 30.6 Å². The Morgan fingerprint density at radius 2 is 1.47 bits per heavy atom. The summed E-state index contributed by atoms with van der Waals surface area (Å²) in [4.78, 5) is 27.8. The number of benzene rings is 3. The van der Waals surface area contributed by atoms with Gasteiger partial charge in [-0.15, -0.1) is 0 Å². The van der Waals surface area contributed by atoms with Crippen LogP contribution >= 0.6 is 0 Å². The van der Waals surface area contributed by atoms with E-state index in [9.17, 15) is 9.59 Å². The van der Waals surface area contributed by atoms with E-state index in [1.165, 1.54) is 5.56 Å². The van der Waals surface area contributed by atoms with Crippen LogP contribution in [0, 0.1) is 0 Å². The predicted octanol–water partition coefficient (Wildman–Crippen LogP) is 4.30. The van der Waals surface area contributed by atoms with Gasteiger partial charge in [-0.25, -0.2) is 0 Å². The van der Waals surface area contributed by atoms with E-state index in [2.05, 4.69) is 17.4 Å². The summed E-state index contributed by atoms with van der Waals surface area (Å²) in [5, 5.41) is 3.14. The van der Waals surface area contributed by atoms with Crippen LogP contribution < -0.4 is 10.1 Å². The van der Waals surface area contributed by atoms with E-state index in [0.29, 0.717) is 36.5 Å². The van der Waals surface area contributed by atoms with Crippen LogP contribution in [0.5, 0.6) is 5.75 Å². The number of rotatable bonds is 6. The van der Waals surface area contributed by atoms with Crippen LogP contribution in [0.2, 0.25) is 0 Å². The minimum Gasteiger partial charge on any atom is -0.496 e. The number of methoxy groups -OCH3 is 1. The summed E-state index contributed by atoms with van der Waals surface area (Å²) in [5.41, 5.74) is 2.19. The average molecular weight is 429 g/mol. The van der Waals surface area contributed by atoms with E-state index in [1.54, 1.807) is 19.2 Å². The molecule has 1 fully saturated rings. The number of carbonyl (C=O) groups is 2. The monoisotopic (exact) mass is 428 g/mol. The number of piperidine rings is 1. The van der Waals surface area contributed by atoms with Gasteiger partial charge < -0.3 is 15.0 Å². The fourth-order valence-corrected chi connectivity index (χ4v) is 4.44. The Hall–Kier alpha value is -3.60. The SMILES string of the molecule is COc1ccccc1C(=O)NCC1(c2ccccc2)CCN(C(=O)c2ccccc2)CC1. The zero-order chi connectivity index (χ0) is 22.4. The lowest BCUT2D eigenvalue weighted by Crippen LogP contribution is -2.50. The normalized spacial score (nSPS) is 15.1. The number of ether oxygens (including phenoxy) is 1. The molecule has 0 bridgehead atoms. The molecular weight excluding hydrogens is 400 g/mol. The molecule has 2 amide bonds. The van der Waals surface area contributed by atoms with Crippen LogP contribution in [0.15, 0.2) is 84.9 Å². The Morgan fingerprint density at radius 3 is 2.12 bits per heavy atom. The topological polar surface area (TPSA) is 58.6 Å². The highest BCUT2D eigenvalue weighted by molar-refractivity contribution is 5.97. The van der Waals surface area contributed by atoms with Crippen molar-refractivity contribution in [2.45, 2.75) is 18.3 Å². The number of nitrogens with zero attached hydrogens (tertiary/aromatic N) is 1. The van der Waals surface area contributed by atoms with E-state index >= 15 is 0 Å². The molecule has 0 unspecified atom stereocenters. The highest BCUT2D eigenvalue weighted by atomic mass is 16.5. The fourth-order valence-electron chi connectivity index (χ4n) is 4.44. The first-order valence-electron chi connectivity index (χ1n) is 10.9. The van der Waals surface area contributed by atoms with Crippen molar-refractivity contribution in [3.63, 3.8) is 0 Å². The molecule has 3 aromatic carbocycles. The molecule has 0 aliphatic carbocycles. The molecule has 0 spiro atoms. The first-order chi connectivity index (χ1) is 15.6. The summed E-state index contributed by atoms with van der Waals surface area (Å²) >= 11 is 0. The third-order valence-electron chi connectivity index (χ3n) is 6.35. The zero-order valence-corrected chi connectivity index (χ0v) is 18.3. The Morgan fingerprint density at radius 1 is 0.875 bits per heavy atom. The zero-order valence-electron chi connectivity index (χ0n) is 18.3. The number of carbonyl (C=O) groups excluding carboxylic acids is 2. The summed E-state index contributed by atoms with van der Waals surface area (Å²) < 4.78 is 5.35. The number of hydrogen-bond acceptors (Lipinski definition) is 3. The van der Waals surface area contributed by atoms with Gasteiger partial charge in [0.05, 0.1) is 12.7 Å². The molecule has 3 aromatic rings. The quantitative estimate of drug-likeness (QED) is 0.637. The second kappa shape index (κ2) is 9.69. The van der Waals surface area contributed by atoms with Crippen molar-refractivity contribution in [2.75, 3.05) is 26.7 Å². The third-order valence-corrected chi connectivity index (χ3v) is 6.35. The van der Waals surface area contributed by atoms with E-state index in [4.69, 9.17) is 4.74 Å². The number of hydrogen-bond donors (Lipinski definition) is 1. The molecule has 5 nitrogen and oxygen atoms in total. The van der Waals surface area contributed by atoms with Crippen LogP contribution in [0.1, 0.15) is 39.1 Å². The lowest BCUT2D eigenvalue weighted by Gasteiger charge is -2.42. The number of para-hydroxylation sites is 1. The summed E-state index contributed by atoms with van der Waals surface area (Å²) in [6.45, 7) is 1.79. The van der Waals surface area contributed by atoms with Crippen molar-refractivity contribution < 1.29 is 14.3 Å². The van der Waals surface area contributed by atoms with Crippen molar-refractivity contribution in [3.8, 4) is 5.75 Å². The molecule has 0 aromatic heterocycles. The molecule has 1 aliphatic rings. The van der Waals surface area contributed by atoms with Crippen molar-refractivity contribution in [2.24, 2.45) is 0 Å². The maximum Gasteiger partial charge on any atom is 0.255 e. The Kier molecular flexibility index (Phi) is 6.55. The van der Waals surface area contributed by atoms with Gasteiger partial charge in [0.15, 0.2) is 0 Å². The van der Waals surface area contributed by atoms with Gasteiger partial charge in [-0.1, -0.05) is 60.7 Å². The molecule has 1 N–H and O–H groups in total. The van der Waals surface area contributed by atoms with Gasteiger partial charge in [-0.3, -0.25) is 9.59 Å². The maximum atomic E-state index is 12.9. The highest BCUT2D eigenvalue weighted by Crippen LogP contribution is 2.35. The standard InChI is InChI=1S/C27H28N2O3/c1-32-24-15-9-8-14-23(24)25(30)28-20-27(22-12-6-3-7-13-22)16-18-29(19-17-27)26(31)21-10-4-2-5-11-21/h2-15H,16-20H2,1H3,(H,28,30). The highest BCUT2D eigenvalue weighted by Gasteiger charge is 2.38. The van der Waals surface area contributed by atoms with E-state index < -0.39 is 0 Å². The molecule has 0 saturated carbocycles. The summed E-state index contributed by atoms with van der Waals surface area (Å²) in [5.74, 6) is 0.466. The molecular formula is C27H28N2O3. The van der Waals surface area contributed by atoms with E-state index in [-0.39, 0.29) is 17.2 Å². The minimum atomic E-state index is -0.230. The van der Waals surface area contributed by atoms with Crippen LogP contribution in [-0.4, -0.2) is 43.5 Å². The Balaban J connectivity index is 1.51. The fraction of sp³-hybridized carbons (Fsp3) is 0.259. The van der Waals surface area contributed by atoms with E-state index in [1.807, 2.05) is 65.6 Å². The van der Waals surface area contributed by atoms with Crippen LogP contribution in [-0.2, 0) is 5.41 Å². The smallest absolute Gasteiger partial charge is 0.255 e. The second-order valence-corrected chi connectivity index (χ2v) is 8.19. The Bertz CT molecular complexity index is 1060. The molecule has 5 heteroatoms. The van der Waals surface area contributed by atoms with Gasteiger partial charge in [0.2, 0.25) is 0 Å². The summed E-state index contributed by atoms with van der Waals surface area (Å²) in [6.07, 6.45) is 1.56. The van der Waals surface area contributed by atoms with Crippen molar-refractivity contribution >= 4 is 11.8 Å². The molecule has 32 heavy (non-hydrogen) atoms. The third kappa shape index (κ3) is 4.52. The molecule has 0 atom stereocenters. The van der Waals surface area contributed by atoms with Crippen molar-refractivity contribution in [3.05, 3.63) is 102 Å². The number of amides is 2. The van der Waals surface area contributed by atoms with Gasteiger partial charge in [-0.2, -0.15) is 0 Å². The van der Waals surface area contributed by atoms with Gasteiger partial charge >= 0.3 is 0 Å². The number of nitrogens with one attached hydrogen (secondary N) is 1. The van der Waals surface area contributed by atoms with Gasteiger partial charge in [0.25, 0.3) is 11.8 Å². The average Bonchev–Trinajstić information content (AvgIpc) is 2.88. The van der Waals surface area contributed by atoms with Crippen LogP contribution in [0.4, 0.5) is 0 Å². The van der Waals surface area contributed by atoms with Gasteiger partial charge in [0.1, 0.15) is 5.75 Å². The van der Waals surface area contributed by atoms with Crippen LogP contribution in [0.3, 0.4) is 0 Å². The molecule has 4 rings (SSSR count). The second-order valence-electron chi connectivity index (χ2n) is 8.19. The van der Waals surface area contributed by atoms with Crippen molar-refractivity contribution in [1.82, 2.24) is 10.2 Å². The largest absolute Gasteiger partial charge is 0.496 e. The minimum absolute atomic E-state index is 0.0605. The van der Waals surface area contributed by atoms with Crippen LogP contribution in [0.25, 0.3) is 0 Å². The van der Waals surface area contributed by atoms with E-state index in [0.717, 1.165) is 12.8 Å². The maximum absolute atomic E-state index is 12.9. The molecule has 1 heterocycles. The van der Waals surface area contributed by atoms with Gasteiger partial charge in [-0.05, 0) is 42.7 Å². The molecule has 1 aliphatic heterocycles. The molecule has 0 radical (unpaired) electrons. The first-order valence-corrected chi connectivity index (χ1v) is 10.9. The lowest BCUT2D eigenvalue weighted by atomic mass is 9.72. The summed E-state index contributed by atoms with van der Waals surface area (Å²) in [6, 6.07) is 26.9.